The number of carbonyl (C=O) groups is 2. The smallest absolute Gasteiger partial charge is 0.338 e. The largest absolute Gasteiger partial charge is 0.493 e. The first-order valence-corrected chi connectivity index (χ1v) is 11.0. The van der Waals surface area contributed by atoms with Gasteiger partial charge in [-0.25, -0.2) is 9.78 Å². The van der Waals surface area contributed by atoms with Crippen LogP contribution in [0.25, 0.3) is 11.0 Å². The second kappa shape index (κ2) is 10.8. The number of likely N-dealkylation sites (N-methyl/N-ethyl adjacent to an activating group) is 1. The summed E-state index contributed by atoms with van der Waals surface area (Å²) in [6.45, 7) is 6.23. The van der Waals surface area contributed by atoms with E-state index in [9.17, 15) is 14.4 Å². The van der Waals surface area contributed by atoms with Crippen LogP contribution >= 0.6 is 0 Å². The van der Waals surface area contributed by atoms with Gasteiger partial charge in [0, 0.05) is 19.6 Å². The van der Waals surface area contributed by atoms with Gasteiger partial charge in [-0.15, -0.1) is 0 Å². The summed E-state index contributed by atoms with van der Waals surface area (Å²) in [5.74, 6) is 0.223. The van der Waals surface area contributed by atoms with E-state index in [4.69, 9.17) is 14.2 Å². The summed E-state index contributed by atoms with van der Waals surface area (Å²) in [6, 6.07) is 10.2. The highest BCUT2D eigenvalue weighted by atomic mass is 16.5. The SMILES string of the molecule is CCN(Cc1ccc(OC)c(OC)c1)C(=O)COC(=O)c1ccc2c(c1)nc(C)c(=O)n2CC. The summed E-state index contributed by atoms with van der Waals surface area (Å²) in [4.78, 5) is 43.5. The van der Waals surface area contributed by atoms with E-state index in [-0.39, 0.29) is 23.6 Å². The average molecular weight is 468 g/mol. The Morgan fingerprint density at radius 3 is 2.41 bits per heavy atom. The molecule has 2 aromatic carbocycles. The van der Waals surface area contributed by atoms with Crippen LogP contribution in [-0.2, 0) is 22.6 Å². The van der Waals surface area contributed by atoms with E-state index in [1.165, 1.54) is 0 Å². The van der Waals surface area contributed by atoms with Crippen molar-refractivity contribution >= 4 is 22.9 Å². The Morgan fingerprint density at radius 1 is 1.03 bits per heavy atom. The molecule has 0 radical (unpaired) electrons. The minimum atomic E-state index is -0.633. The summed E-state index contributed by atoms with van der Waals surface area (Å²) in [5.41, 5.74) is 2.46. The molecule has 1 amide bonds. The maximum absolute atomic E-state index is 12.7. The molecular formula is C25H29N3O6. The van der Waals surface area contributed by atoms with Crippen LogP contribution in [0.2, 0.25) is 0 Å². The van der Waals surface area contributed by atoms with Gasteiger partial charge in [0.25, 0.3) is 11.5 Å². The van der Waals surface area contributed by atoms with Crippen molar-refractivity contribution in [1.29, 1.82) is 0 Å². The number of aromatic nitrogens is 2. The lowest BCUT2D eigenvalue weighted by atomic mass is 10.2. The van der Waals surface area contributed by atoms with Crippen molar-refractivity contribution in [2.24, 2.45) is 0 Å². The van der Waals surface area contributed by atoms with Crippen molar-refractivity contribution < 1.29 is 23.8 Å². The van der Waals surface area contributed by atoms with E-state index in [0.29, 0.717) is 47.9 Å². The Hall–Kier alpha value is -3.88. The zero-order valence-corrected chi connectivity index (χ0v) is 20.1. The number of benzene rings is 2. The highest BCUT2D eigenvalue weighted by Gasteiger charge is 2.18. The van der Waals surface area contributed by atoms with E-state index in [0.717, 1.165) is 5.56 Å². The Labute approximate surface area is 197 Å². The maximum atomic E-state index is 12.7. The lowest BCUT2D eigenvalue weighted by molar-refractivity contribution is -0.134. The van der Waals surface area contributed by atoms with Gasteiger partial charge in [0.2, 0.25) is 0 Å². The van der Waals surface area contributed by atoms with Crippen LogP contribution in [0.1, 0.15) is 35.5 Å². The Morgan fingerprint density at radius 2 is 1.76 bits per heavy atom. The molecule has 0 N–H and O–H groups in total. The highest BCUT2D eigenvalue weighted by Crippen LogP contribution is 2.28. The molecule has 0 bridgehead atoms. The van der Waals surface area contributed by atoms with Crippen molar-refractivity contribution in [3.8, 4) is 11.5 Å². The molecule has 9 nitrogen and oxygen atoms in total. The summed E-state index contributed by atoms with van der Waals surface area (Å²) >= 11 is 0. The van der Waals surface area contributed by atoms with Crippen molar-refractivity contribution in [1.82, 2.24) is 14.5 Å². The molecule has 1 heterocycles. The van der Waals surface area contributed by atoms with Gasteiger partial charge < -0.3 is 23.7 Å². The molecule has 0 unspecified atom stereocenters. The lowest BCUT2D eigenvalue weighted by Crippen LogP contribution is -2.34. The van der Waals surface area contributed by atoms with Crippen LogP contribution in [0.3, 0.4) is 0 Å². The standard InChI is InChI=1S/C25H29N3O6/c1-6-27(14-17-8-11-21(32-4)22(12-17)33-5)23(29)15-34-25(31)18-9-10-20-19(13-18)26-16(3)24(30)28(20)7-2/h8-13H,6-7,14-15H2,1-5H3. The van der Waals surface area contributed by atoms with Gasteiger partial charge in [0.05, 0.1) is 30.8 Å². The van der Waals surface area contributed by atoms with Crippen LogP contribution in [-0.4, -0.2) is 53.7 Å². The van der Waals surface area contributed by atoms with Gasteiger partial charge in [-0.1, -0.05) is 6.07 Å². The van der Waals surface area contributed by atoms with Gasteiger partial charge in [-0.3, -0.25) is 9.59 Å². The minimum absolute atomic E-state index is 0.162. The zero-order valence-electron chi connectivity index (χ0n) is 20.1. The van der Waals surface area contributed by atoms with Crippen LogP contribution in [0.15, 0.2) is 41.2 Å². The number of carbonyl (C=O) groups excluding carboxylic acids is 2. The van der Waals surface area contributed by atoms with Gasteiger partial charge in [0.15, 0.2) is 18.1 Å². The molecule has 0 aliphatic heterocycles. The van der Waals surface area contributed by atoms with Gasteiger partial charge >= 0.3 is 5.97 Å². The van der Waals surface area contributed by atoms with Gasteiger partial charge in [-0.2, -0.15) is 0 Å². The van der Waals surface area contributed by atoms with E-state index in [1.807, 2.05) is 19.9 Å². The molecule has 34 heavy (non-hydrogen) atoms. The molecule has 0 aliphatic rings. The van der Waals surface area contributed by atoms with Crippen LogP contribution in [0.5, 0.6) is 11.5 Å². The van der Waals surface area contributed by atoms with Crippen molar-refractivity contribution in [2.75, 3.05) is 27.4 Å². The molecule has 0 saturated carbocycles. The van der Waals surface area contributed by atoms with Crippen LogP contribution in [0.4, 0.5) is 0 Å². The van der Waals surface area contributed by atoms with Crippen molar-refractivity contribution in [2.45, 2.75) is 33.9 Å². The number of esters is 1. The molecular weight excluding hydrogens is 438 g/mol. The normalized spacial score (nSPS) is 10.7. The first kappa shape index (κ1) is 24.8. The molecule has 0 aliphatic carbocycles. The monoisotopic (exact) mass is 467 g/mol. The Balaban J connectivity index is 1.69. The molecule has 0 saturated heterocycles. The van der Waals surface area contributed by atoms with E-state index < -0.39 is 5.97 Å². The topological polar surface area (TPSA) is 100.0 Å². The summed E-state index contributed by atoms with van der Waals surface area (Å²) in [6.07, 6.45) is 0. The third kappa shape index (κ3) is 5.19. The number of methoxy groups -OCH3 is 2. The average Bonchev–Trinajstić information content (AvgIpc) is 2.85. The number of hydrogen-bond donors (Lipinski definition) is 0. The third-order valence-electron chi connectivity index (χ3n) is 5.54. The number of nitrogens with zero attached hydrogens (tertiary/aromatic N) is 3. The number of hydrogen-bond acceptors (Lipinski definition) is 7. The molecule has 3 aromatic rings. The predicted octanol–water partition coefficient (Wildman–Crippen LogP) is 2.95. The Kier molecular flexibility index (Phi) is 7.88. The lowest BCUT2D eigenvalue weighted by Gasteiger charge is -2.21. The Bertz CT molecular complexity index is 1270. The van der Waals surface area contributed by atoms with Crippen LogP contribution < -0.4 is 15.0 Å². The van der Waals surface area contributed by atoms with Crippen LogP contribution in [0, 0.1) is 6.92 Å². The fraction of sp³-hybridized carbons (Fsp3) is 0.360. The summed E-state index contributed by atoms with van der Waals surface area (Å²) in [7, 11) is 3.11. The van der Waals surface area contributed by atoms with E-state index >= 15 is 0 Å². The quantitative estimate of drug-likeness (QED) is 0.446. The van der Waals surface area contributed by atoms with Crippen molar-refractivity contribution in [3.05, 3.63) is 63.6 Å². The number of rotatable bonds is 9. The number of aryl methyl sites for hydroxylation is 2. The summed E-state index contributed by atoms with van der Waals surface area (Å²) < 4.78 is 17.4. The molecule has 0 fully saturated rings. The van der Waals surface area contributed by atoms with Gasteiger partial charge in [0.1, 0.15) is 5.69 Å². The highest BCUT2D eigenvalue weighted by molar-refractivity contribution is 5.94. The second-order valence-corrected chi connectivity index (χ2v) is 7.62. The predicted molar refractivity (Wildman–Crippen MR) is 127 cm³/mol. The molecule has 0 atom stereocenters. The van der Waals surface area contributed by atoms with Gasteiger partial charge in [-0.05, 0) is 56.7 Å². The molecule has 9 heteroatoms. The molecule has 0 spiro atoms. The minimum Gasteiger partial charge on any atom is -0.493 e. The van der Waals surface area contributed by atoms with Crippen molar-refractivity contribution in [3.63, 3.8) is 0 Å². The number of ether oxygens (including phenoxy) is 3. The number of fused-ring (bicyclic) bond motifs is 1. The third-order valence-corrected chi connectivity index (χ3v) is 5.54. The molecule has 3 rings (SSSR count). The summed E-state index contributed by atoms with van der Waals surface area (Å²) in [5, 5.41) is 0. The van der Waals surface area contributed by atoms with E-state index in [2.05, 4.69) is 4.98 Å². The zero-order chi connectivity index (χ0) is 24.8. The second-order valence-electron chi connectivity index (χ2n) is 7.62. The molecule has 1 aromatic heterocycles. The molecule has 180 valence electrons. The fourth-order valence-electron chi connectivity index (χ4n) is 3.69. The fourth-order valence-corrected chi connectivity index (χ4v) is 3.69. The number of amides is 1. The van der Waals surface area contributed by atoms with E-state index in [1.54, 1.807) is 60.9 Å². The first-order chi connectivity index (χ1) is 16.3. The maximum Gasteiger partial charge on any atom is 0.338 e. The first-order valence-electron chi connectivity index (χ1n) is 11.0.